The summed E-state index contributed by atoms with van der Waals surface area (Å²) < 4.78 is 0.919. The van der Waals surface area contributed by atoms with Gasteiger partial charge in [-0.15, -0.1) is 11.3 Å². The van der Waals surface area contributed by atoms with E-state index in [9.17, 15) is 9.59 Å². The zero-order chi connectivity index (χ0) is 15.5. The van der Waals surface area contributed by atoms with Crippen LogP contribution in [0, 0.1) is 0 Å². The molecular weight excluding hydrogens is 364 g/mol. The van der Waals surface area contributed by atoms with Crippen LogP contribution in [0.15, 0.2) is 58.4 Å². The summed E-state index contributed by atoms with van der Waals surface area (Å²) >= 11 is 4.78. The summed E-state index contributed by atoms with van der Waals surface area (Å²) in [7, 11) is 0. The van der Waals surface area contributed by atoms with Gasteiger partial charge in [-0.2, -0.15) is 0 Å². The van der Waals surface area contributed by atoms with E-state index in [1.807, 2.05) is 30.3 Å². The third-order valence-electron chi connectivity index (χ3n) is 3.15. The van der Waals surface area contributed by atoms with Crippen molar-refractivity contribution in [2.24, 2.45) is 0 Å². The fraction of sp³-hybridized carbons (Fsp3) is 0. The predicted molar refractivity (Wildman–Crippen MR) is 90.9 cm³/mol. The number of benzene rings is 2. The number of hydrogen-bond donors (Lipinski definition) is 2. The molecule has 1 heterocycles. The summed E-state index contributed by atoms with van der Waals surface area (Å²) in [4.78, 5) is 24.7. The van der Waals surface area contributed by atoms with Crippen LogP contribution in [-0.4, -0.2) is 11.8 Å². The molecule has 1 aromatic heterocycles. The van der Waals surface area contributed by atoms with Crippen LogP contribution in [-0.2, 0) is 0 Å². The van der Waals surface area contributed by atoms with Crippen molar-refractivity contribution >= 4 is 49.9 Å². The van der Waals surface area contributed by atoms with Crippen molar-refractivity contribution in [2.75, 3.05) is 0 Å². The molecule has 2 N–H and O–H groups in total. The number of amides is 2. The highest BCUT2D eigenvalue weighted by atomic mass is 79.9. The maximum atomic E-state index is 12.3. The van der Waals surface area contributed by atoms with Crippen LogP contribution in [0.5, 0.6) is 0 Å². The van der Waals surface area contributed by atoms with Gasteiger partial charge >= 0.3 is 0 Å². The van der Waals surface area contributed by atoms with Gasteiger partial charge in [0.15, 0.2) is 0 Å². The van der Waals surface area contributed by atoms with Crippen molar-refractivity contribution < 1.29 is 9.59 Å². The number of nitrogens with one attached hydrogen (secondary N) is 2. The van der Waals surface area contributed by atoms with Gasteiger partial charge in [0, 0.05) is 10.0 Å². The summed E-state index contributed by atoms with van der Waals surface area (Å²) in [6, 6.07) is 14.6. The topological polar surface area (TPSA) is 58.2 Å². The highest BCUT2D eigenvalue weighted by Gasteiger charge is 2.12. The third kappa shape index (κ3) is 2.88. The molecule has 22 heavy (non-hydrogen) atoms. The van der Waals surface area contributed by atoms with E-state index in [4.69, 9.17) is 0 Å². The second-order valence-corrected chi connectivity index (χ2v) is 6.33. The molecule has 0 aliphatic rings. The second-order valence-electron chi connectivity index (χ2n) is 4.53. The van der Waals surface area contributed by atoms with E-state index >= 15 is 0 Å². The Morgan fingerprint density at radius 1 is 0.864 bits per heavy atom. The number of thiophene rings is 1. The molecule has 2 amide bonds. The van der Waals surface area contributed by atoms with Crippen LogP contribution in [0.25, 0.3) is 10.8 Å². The quantitative estimate of drug-likeness (QED) is 0.671. The van der Waals surface area contributed by atoms with Gasteiger partial charge in [-0.25, -0.2) is 0 Å². The average Bonchev–Trinajstić information content (AvgIpc) is 3.07. The predicted octanol–water partition coefficient (Wildman–Crippen LogP) is 3.74. The summed E-state index contributed by atoms with van der Waals surface area (Å²) in [5, 5.41) is 3.57. The van der Waals surface area contributed by atoms with Crippen molar-refractivity contribution in [1.82, 2.24) is 10.9 Å². The van der Waals surface area contributed by atoms with Gasteiger partial charge in [-0.3, -0.25) is 20.4 Å². The van der Waals surface area contributed by atoms with E-state index in [1.54, 1.807) is 23.6 Å². The molecule has 0 fully saturated rings. The maximum absolute atomic E-state index is 12.3. The van der Waals surface area contributed by atoms with Crippen LogP contribution < -0.4 is 10.9 Å². The van der Waals surface area contributed by atoms with Gasteiger partial charge in [0.2, 0.25) is 0 Å². The van der Waals surface area contributed by atoms with E-state index in [2.05, 4.69) is 26.8 Å². The lowest BCUT2D eigenvalue weighted by Crippen LogP contribution is -2.41. The molecule has 0 spiro atoms. The van der Waals surface area contributed by atoms with Crippen LogP contribution >= 0.6 is 27.3 Å². The standard InChI is InChI=1S/C16H11BrN2O2S/c17-13-7-2-4-10-11(13)5-1-6-12(10)15(20)18-19-16(21)14-8-3-9-22-14/h1-9H,(H,18,20)(H,19,21). The van der Waals surface area contributed by atoms with Crippen molar-refractivity contribution in [1.29, 1.82) is 0 Å². The molecule has 0 bridgehead atoms. The summed E-state index contributed by atoms with van der Waals surface area (Å²) in [6.07, 6.45) is 0. The number of hydrazine groups is 1. The van der Waals surface area contributed by atoms with Gasteiger partial charge in [0.1, 0.15) is 0 Å². The monoisotopic (exact) mass is 374 g/mol. The number of carbonyl (C=O) groups excluding carboxylic acids is 2. The van der Waals surface area contributed by atoms with Crippen LogP contribution in [0.2, 0.25) is 0 Å². The number of hydrogen-bond acceptors (Lipinski definition) is 3. The first-order chi connectivity index (χ1) is 10.7. The smallest absolute Gasteiger partial charge is 0.267 e. The van der Waals surface area contributed by atoms with Crippen molar-refractivity contribution in [3.05, 3.63) is 68.8 Å². The van der Waals surface area contributed by atoms with Gasteiger partial charge < -0.3 is 0 Å². The zero-order valence-corrected chi connectivity index (χ0v) is 13.7. The molecule has 0 saturated heterocycles. The Bertz CT molecular complexity index is 846. The molecule has 0 aliphatic heterocycles. The number of fused-ring (bicyclic) bond motifs is 1. The van der Waals surface area contributed by atoms with Gasteiger partial charge in [-0.1, -0.05) is 46.3 Å². The molecule has 3 rings (SSSR count). The second kappa shape index (κ2) is 6.29. The maximum Gasteiger partial charge on any atom is 0.279 e. The zero-order valence-electron chi connectivity index (χ0n) is 11.3. The van der Waals surface area contributed by atoms with Gasteiger partial charge in [-0.05, 0) is 34.4 Å². The molecule has 2 aromatic carbocycles. The highest BCUT2D eigenvalue weighted by molar-refractivity contribution is 9.10. The number of halogens is 1. The Hall–Kier alpha value is -2.18. The van der Waals surface area contributed by atoms with Gasteiger partial charge in [0.25, 0.3) is 11.8 Å². The SMILES string of the molecule is O=C(NNC(=O)c1cccc2c(Br)cccc12)c1cccs1. The van der Waals surface area contributed by atoms with E-state index in [-0.39, 0.29) is 11.8 Å². The van der Waals surface area contributed by atoms with E-state index < -0.39 is 0 Å². The Morgan fingerprint density at radius 2 is 1.59 bits per heavy atom. The molecule has 4 nitrogen and oxygen atoms in total. The van der Waals surface area contributed by atoms with Crippen molar-refractivity contribution in [3.8, 4) is 0 Å². The normalized spacial score (nSPS) is 10.4. The summed E-state index contributed by atoms with van der Waals surface area (Å²) in [5.41, 5.74) is 5.38. The minimum atomic E-state index is -0.353. The van der Waals surface area contributed by atoms with Crippen LogP contribution in [0.3, 0.4) is 0 Å². The molecular formula is C16H11BrN2O2S. The van der Waals surface area contributed by atoms with E-state index in [0.717, 1.165) is 15.2 Å². The Balaban J connectivity index is 1.81. The summed E-state index contributed by atoms with van der Waals surface area (Å²) in [5.74, 6) is -0.682. The molecule has 0 aliphatic carbocycles. The highest BCUT2D eigenvalue weighted by Crippen LogP contribution is 2.26. The average molecular weight is 375 g/mol. The number of rotatable bonds is 2. The molecule has 6 heteroatoms. The van der Waals surface area contributed by atoms with Crippen molar-refractivity contribution in [3.63, 3.8) is 0 Å². The fourth-order valence-corrected chi connectivity index (χ4v) is 3.24. The minimum absolute atomic E-state index is 0.329. The van der Waals surface area contributed by atoms with Crippen LogP contribution in [0.1, 0.15) is 20.0 Å². The number of carbonyl (C=O) groups is 2. The third-order valence-corrected chi connectivity index (χ3v) is 4.71. The molecule has 0 saturated carbocycles. The van der Waals surface area contributed by atoms with Crippen molar-refractivity contribution in [2.45, 2.75) is 0 Å². The van der Waals surface area contributed by atoms with Crippen LogP contribution in [0.4, 0.5) is 0 Å². The lowest BCUT2D eigenvalue weighted by atomic mass is 10.0. The first kappa shape index (κ1) is 14.7. The molecule has 0 unspecified atom stereocenters. The molecule has 110 valence electrons. The molecule has 0 atom stereocenters. The lowest BCUT2D eigenvalue weighted by molar-refractivity contribution is 0.0850. The Morgan fingerprint density at radius 3 is 2.36 bits per heavy atom. The first-order valence-electron chi connectivity index (χ1n) is 6.48. The first-order valence-corrected chi connectivity index (χ1v) is 8.15. The minimum Gasteiger partial charge on any atom is -0.267 e. The lowest BCUT2D eigenvalue weighted by Gasteiger charge is -2.09. The Kier molecular flexibility index (Phi) is 4.22. The fourth-order valence-electron chi connectivity index (χ4n) is 2.12. The summed E-state index contributed by atoms with van der Waals surface area (Å²) in [6.45, 7) is 0. The Labute approximate surface area is 139 Å². The molecule has 0 radical (unpaired) electrons. The largest absolute Gasteiger partial charge is 0.279 e. The molecule has 3 aromatic rings. The van der Waals surface area contributed by atoms with E-state index in [1.165, 1.54) is 11.3 Å². The van der Waals surface area contributed by atoms with Gasteiger partial charge in [0.05, 0.1) is 4.88 Å². The van der Waals surface area contributed by atoms with E-state index in [0.29, 0.717) is 10.4 Å².